The molecule has 0 spiro atoms. The first-order valence-electron chi connectivity index (χ1n) is 11.9. The normalized spacial score (nSPS) is 14.6. The third-order valence-corrected chi connectivity index (χ3v) is 6.50. The Morgan fingerprint density at radius 1 is 1.12 bits per heavy atom. The number of esters is 1. The van der Waals surface area contributed by atoms with Crippen molar-refractivity contribution >= 4 is 17.8 Å². The van der Waals surface area contributed by atoms with Gasteiger partial charge in [0.05, 0.1) is 6.61 Å². The van der Waals surface area contributed by atoms with Gasteiger partial charge in [0.15, 0.2) is 0 Å². The molecule has 1 aromatic rings. The third-order valence-electron chi connectivity index (χ3n) is 6.50. The largest absolute Gasteiger partial charge is 0.461 e. The Balaban J connectivity index is 1.79. The first kappa shape index (κ1) is 25.9. The van der Waals surface area contributed by atoms with Gasteiger partial charge in [-0.05, 0) is 64.3 Å². The Morgan fingerprint density at radius 2 is 1.78 bits per heavy atom. The number of hydrogen-bond donors (Lipinski definition) is 2. The smallest absolute Gasteiger partial charge is 0.355 e. The molecule has 2 heterocycles. The van der Waals surface area contributed by atoms with E-state index in [0.717, 1.165) is 36.5 Å². The number of likely N-dealkylation sites (tertiary alicyclic amines) is 1. The first-order valence-corrected chi connectivity index (χ1v) is 11.9. The van der Waals surface area contributed by atoms with Gasteiger partial charge >= 0.3 is 5.97 Å². The summed E-state index contributed by atoms with van der Waals surface area (Å²) in [7, 11) is 0. The van der Waals surface area contributed by atoms with Crippen molar-refractivity contribution in [1.82, 2.24) is 20.1 Å². The summed E-state index contributed by atoms with van der Waals surface area (Å²) in [5.41, 5.74) is 3.23. The number of aryl methyl sites for hydroxylation is 1. The molecule has 0 radical (unpaired) electrons. The Labute approximate surface area is 192 Å². The number of piperidine rings is 1. The van der Waals surface area contributed by atoms with Gasteiger partial charge in [0, 0.05) is 44.2 Å². The fourth-order valence-corrected chi connectivity index (χ4v) is 4.37. The zero-order chi connectivity index (χ0) is 23.7. The van der Waals surface area contributed by atoms with Gasteiger partial charge in [-0.15, -0.1) is 0 Å². The summed E-state index contributed by atoms with van der Waals surface area (Å²) >= 11 is 0. The van der Waals surface area contributed by atoms with Crippen LogP contribution in [0, 0.1) is 19.8 Å². The van der Waals surface area contributed by atoms with Crippen LogP contribution in [0.25, 0.3) is 0 Å². The molecule has 1 saturated heterocycles. The van der Waals surface area contributed by atoms with Gasteiger partial charge in [-0.25, -0.2) is 4.79 Å². The van der Waals surface area contributed by atoms with Crippen LogP contribution in [-0.4, -0.2) is 78.4 Å². The maximum absolute atomic E-state index is 12.7. The van der Waals surface area contributed by atoms with E-state index in [2.05, 4.69) is 29.0 Å². The molecule has 0 bridgehead atoms. The van der Waals surface area contributed by atoms with Crippen LogP contribution in [0.4, 0.5) is 0 Å². The van der Waals surface area contributed by atoms with Gasteiger partial charge in [-0.2, -0.15) is 0 Å². The molecule has 8 heteroatoms. The molecule has 1 aliphatic rings. The van der Waals surface area contributed by atoms with E-state index < -0.39 is 0 Å². The van der Waals surface area contributed by atoms with Gasteiger partial charge in [-0.1, -0.05) is 13.8 Å². The van der Waals surface area contributed by atoms with Gasteiger partial charge < -0.3 is 24.8 Å². The van der Waals surface area contributed by atoms with Crippen molar-refractivity contribution in [3.8, 4) is 0 Å². The lowest BCUT2D eigenvalue weighted by Gasteiger charge is -2.31. The Hall–Kier alpha value is -2.35. The van der Waals surface area contributed by atoms with Crippen LogP contribution in [0.3, 0.4) is 0 Å². The SMILES string of the molecule is CCOC(=O)c1[nH]c(C)c(CCC(=O)N2CCC(C(=O)NCCN(CC)CC)CC2)c1C. The van der Waals surface area contributed by atoms with Crippen molar-refractivity contribution in [1.29, 1.82) is 0 Å². The van der Waals surface area contributed by atoms with Gasteiger partial charge in [0.2, 0.25) is 11.8 Å². The zero-order valence-corrected chi connectivity index (χ0v) is 20.4. The fraction of sp³-hybridized carbons (Fsp3) is 0.708. The summed E-state index contributed by atoms with van der Waals surface area (Å²) in [6.45, 7) is 14.9. The molecule has 8 nitrogen and oxygen atoms in total. The van der Waals surface area contributed by atoms with E-state index in [1.165, 1.54) is 0 Å². The fourth-order valence-electron chi connectivity index (χ4n) is 4.37. The predicted molar refractivity (Wildman–Crippen MR) is 125 cm³/mol. The van der Waals surface area contributed by atoms with E-state index in [9.17, 15) is 14.4 Å². The van der Waals surface area contributed by atoms with Crippen molar-refractivity contribution < 1.29 is 19.1 Å². The van der Waals surface area contributed by atoms with Crippen molar-refractivity contribution in [2.45, 2.75) is 60.3 Å². The number of nitrogens with one attached hydrogen (secondary N) is 2. The van der Waals surface area contributed by atoms with Gasteiger partial charge in [0.1, 0.15) is 5.69 Å². The lowest BCUT2D eigenvalue weighted by molar-refractivity contribution is -0.135. The van der Waals surface area contributed by atoms with Crippen molar-refractivity contribution in [2.24, 2.45) is 5.92 Å². The molecule has 2 N–H and O–H groups in total. The van der Waals surface area contributed by atoms with Crippen LogP contribution in [-0.2, 0) is 20.7 Å². The van der Waals surface area contributed by atoms with E-state index in [4.69, 9.17) is 4.74 Å². The molecule has 1 fully saturated rings. The van der Waals surface area contributed by atoms with E-state index in [0.29, 0.717) is 57.6 Å². The van der Waals surface area contributed by atoms with Crippen molar-refractivity contribution in [3.05, 3.63) is 22.5 Å². The third kappa shape index (κ3) is 6.82. The number of carbonyl (C=O) groups is 3. The molecule has 32 heavy (non-hydrogen) atoms. The quantitative estimate of drug-likeness (QED) is 0.507. The lowest BCUT2D eigenvalue weighted by atomic mass is 9.95. The monoisotopic (exact) mass is 448 g/mol. The van der Waals surface area contributed by atoms with Crippen LogP contribution in [0.2, 0.25) is 0 Å². The second-order valence-corrected chi connectivity index (χ2v) is 8.42. The summed E-state index contributed by atoms with van der Waals surface area (Å²) in [6, 6.07) is 0. The molecular formula is C24H40N4O4. The Bertz CT molecular complexity index is 777. The average molecular weight is 449 g/mol. The lowest BCUT2D eigenvalue weighted by Crippen LogP contribution is -2.44. The summed E-state index contributed by atoms with van der Waals surface area (Å²) in [4.78, 5) is 44.5. The van der Waals surface area contributed by atoms with Crippen LogP contribution in [0.15, 0.2) is 0 Å². The highest BCUT2D eigenvalue weighted by atomic mass is 16.5. The molecule has 2 amide bonds. The number of aromatic amines is 1. The molecule has 1 aliphatic heterocycles. The van der Waals surface area contributed by atoms with E-state index in [-0.39, 0.29) is 23.7 Å². The maximum atomic E-state index is 12.7. The average Bonchev–Trinajstić information content (AvgIpc) is 3.08. The minimum Gasteiger partial charge on any atom is -0.461 e. The molecule has 0 aromatic carbocycles. The molecular weight excluding hydrogens is 408 g/mol. The van der Waals surface area contributed by atoms with Crippen LogP contribution >= 0.6 is 0 Å². The zero-order valence-electron chi connectivity index (χ0n) is 20.4. The van der Waals surface area contributed by atoms with Crippen molar-refractivity contribution in [2.75, 3.05) is 45.9 Å². The molecule has 180 valence electrons. The molecule has 1 aromatic heterocycles. The topological polar surface area (TPSA) is 94.7 Å². The number of carbonyl (C=O) groups excluding carboxylic acids is 3. The highest BCUT2D eigenvalue weighted by Gasteiger charge is 2.27. The number of rotatable bonds is 11. The second kappa shape index (κ2) is 12.6. The van der Waals surface area contributed by atoms with Gasteiger partial charge in [-0.3, -0.25) is 9.59 Å². The van der Waals surface area contributed by atoms with Crippen LogP contribution in [0.5, 0.6) is 0 Å². The van der Waals surface area contributed by atoms with Crippen molar-refractivity contribution in [3.63, 3.8) is 0 Å². The number of aromatic nitrogens is 1. The maximum Gasteiger partial charge on any atom is 0.355 e. The van der Waals surface area contributed by atoms with Crippen LogP contribution < -0.4 is 5.32 Å². The number of hydrogen-bond acceptors (Lipinski definition) is 5. The Morgan fingerprint density at radius 3 is 2.38 bits per heavy atom. The number of amides is 2. The highest BCUT2D eigenvalue weighted by molar-refractivity contribution is 5.90. The summed E-state index contributed by atoms with van der Waals surface area (Å²) < 4.78 is 5.09. The van der Waals surface area contributed by atoms with E-state index >= 15 is 0 Å². The number of nitrogens with zero attached hydrogens (tertiary/aromatic N) is 2. The minimum absolute atomic E-state index is 0.0166. The van der Waals surface area contributed by atoms with E-state index in [1.54, 1.807) is 6.92 Å². The second-order valence-electron chi connectivity index (χ2n) is 8.42. The summed E-state index contributed by atoms with van der Waals surface area (Å²) in [5.74, 6) is -0.169. The van der Waals surface area contributed by atoms with E-state index in [1.807, 2.05) is 18.7 Å². The number of H-pyrrole nitrogens is 1. The standard InChI is InChI=1S/C24H40N4O4/c1-6-27(7-2)16-13-25-23(30)19-11-14-28(15-12-19)21(29)10-9-20-17(4)22(26-18(20)5)24(31)32-8-3/h19,26H,6-16H2,1-5H3,(H,25,30). The highest BCUT2D eigenvalue weighted by Crippen LogP contribution is 2.22. The molecule has 2 rings (SSSR count). The minimum atomic E-state index is -0.358. The first-order chi connectivity index (χ1) is 15.3. The molecule has 0 atom stereocenters. The van der Waals surface area contributed by atoms with Crippen LogP contribution in [0.1, 0.15) is 67.3 Å². The number of likely N-dealkylation sites (N-methyl/N-ethyl adjacent to an activating group) is 1. The predicted octanol–water partition coefficient (Wildman–Crippen LogP) is 2.44. The molecule has 0 saturated carbocycles. The summed E-state index contributed by atoms with van der Waals surface area (Å²) in [5, 5.41) is 3.05. The number of ether oxygens (including phenoxy) is 1. The molecule has 0 unspecified atom stereocenters. The molecule has 0 aliphatic carbocycles. The summed E-state index contributed by atoms with van der Waals surface area (Å²) in [6.07, 6.45) is 2.39. The Kier molecular flexibility index (Phi) is 10.2. The van der Waals surface area contributed by atoms with Gasteiger partial charge in [0.25, 0.3) is 0 Å².